The highest BCUT2D eigenvalue weighted by Crippen LogP contribution is 2.23. The van der Waals surface area contributed by atoms with Crippen molar-refractivity contribution in [2.24, 2.45) is 5.73 Å². The van der Waals surface area contributed by atoms with E-state index >= 15 is 0 Å². The van der Waals surface area contributed by atoms with Crippen LogP contribution in [0.1, 0.15) is 21.6 Å². The molecule has 3 aromatic rings. The van der Waals surface area contributed by atoms with E-state index in [1.807, 2.05) is 0 Å². The first-order valence-electron chi connectivity index (χ1n) is 6.71. The van der Waals surface area contributed by atoms with Crippen molar-refractivity contribution in [2.45, 2.75) is 0 Å². The van der Waals surface area contributed by atoms with E-state index < -0.39 is 5.91 Å². The number of nitrogens with two attached hydrogens (primary N) is 1. The number of anilines is 1. The average Bonchev–Trinajstić information content (AvgIpc) is 2.97. The molecule has 3 rings (SSSR count). The van der Waals surface area contributed by atoms with Crippen LogP contribution in [-0.2, 0) is 0 Å². The van der Waals surface area contributed by atoms with E-state index in [4.69, 9.17) is 22.7 Å². The molecule has 0 bridgehead atoms. The van der Waals surface area contributed by atoms with Crippen LogP contribution in [0, 0.1) is 5.41 Å². The molecule has 7 nitrogen and oxygen atoms in total. The highest BCUT2D eigenvalue weighted by atomic mass is 35.5. The first-order chi connectivity index (χ1) is 11.0. The van der Waals surface area contributed by atoms with Crippen molar-refractivity contribution in [2.75, 3.05) is 12.4 Å². The van der Waals surface area contributed by atoms with E-state index in [1.54, 1.807) is 25.2 Å². The molecule has 2 aromatic heterocycles. The summed E-state index contributed by atoms with van der Waals surface area (Å²) in [5.74, 6) is -0.600. The monoisotopic (exact) mass is 328 g/mol. The van der Waals surface area contributed by atoms with Crippen LogP contribution < -0.4 is 11.1 Å². The highest BCUT2D eigenvalue weighted by molar-refractivity contribution is 6.31. The molecule has 23 heavy (non-hydrogen) atoms. The molecule has 2 heterocycles. The van der Waals surface area contributed by atoms with Gasteiger partial charge in [0, 0.05) is 29.5 Å². The Balaban J connectivity index is 2.11. The van der Waals surface area contributed by atoms with Crippen LogP contribution in [0.25, 0.3) is 11.2 Å². The molecule has 0 saturated carbocycles. The quantitative estimate of drug-likeness (QED) is 0.548. The predicted molar refractivity (Wildman–Crippen MR) is 89.3 cm³/mol. The summed E-state index contributed by atoms with van der Waals surface area (Å²) in [7, 11) is 1.74. The summed E-state index contributed by atoms with van der Waals surface area (Å²) in [4.78, 5) is 22.8. The minimum atomic E-state index is -0.600. The van der Waals surface area contributed by atoms with Crippen LogP contribution in [0.3, 0.4) is 0 Å². The molecule has 0 spiro atoms. The molecular weight excluding hydrogens is 316 g/mol. The lowest BCUT2D eigenvalue weighted by atomic mass is 10.1. The van der Waals surface area contributed by atoms with Gasteiger partial charge in [-0.25, -0.2) is 9.97 Å². The van der Waals surface area contributed by atoms with Gasteiger partial charge < -0.3 is 16.0 Å². The maximum Gasteiger partial charge on any atom is 0.252 e. The van der Waals surface area contributed by atoms with Gasteiger partial charge in [-0.1, -0.05) is 11.6 Å². The number of carbonyl (C=O) groups excluding carboxylic acids is 1. The third-order valence-corrected chi connectivity index (χ3v) is 3.66. The van der Waals surface area contributed by atoms with Crippen molar-refractivity contribution < 1.29 is 4.79 Å². The van der Waals surface area contributed by atoms with Crippen molar-refractivity contribution in [1.29, 1.82) is 5.41 Å². The minimum Gasteiger partial charge on any atom is -0.388 e. The zero-order valence-electron chi connectivity index (χ0n) is 12.1. The van der Waals surface area contributed by atoms with E-state index in [0.717, 1.165) is 0 Å². The molecule has 0 unspecified atom stereocenters. The number of aromatic amines is 1. The number of carbonyl (C=O) groups is 1. The average molecular weight is 329 g/mol. The van der Waals surface area contributed by atoms with E-state index in [1.165, 1.54) is 12.4 Å². The summed E-state index contributed by atoms with van der Waals surface area (Å²) in [5.41, 5.74) is 8.18. The Labute approximate surface area is 136 Å². The number of H-pyrrole nitrogens is 1. The van der Waals surface area contributed by atoms with Crippen LogP contribution in [0.15, 0.2) is 30.6 Å². The molecule has 0 radical (unpaired) electrons. The van der Waals surface area contributed by atoms with Gasteiger partial charge in [0.05, 0.1) is 17.5 Å². The van der Waals surface area contributed by atoms with Gasteiger partial charge >= 0.3 is 0 Å². The van der Waals surface area contributed by atoms with Crippen LogP contribution >= 0.6 is 11.6 Å². The zero-order chi connectivity index (χ0) is 16.6. The molecular formula is C15H13ClN6O. The number of rotatable bonds is 4. The highest BCUT2D eigenvalue weighted by Gasteiger charge is 2.16. The summed E-state index contributed by atoms with van der Waals surface area (Å²) in [5, 5.41) is 11.9. The summed E-state index contributed by atoms with van der Waals surface area (Å²) < 4.78 is 0. The van der Waals surface area contributed by atoms with Crippen LogP contribution in [0.2, 0.25) is 5.02 Å². The fraction of sp³-hybridized carbons (Fsp3) is 0.0667. The molecule has 0 saturated heterocycles. The van der Waals surface area contributed by atoms with Crippen molar-refractivity contribution >= 4 is 40.1 Å². The molecule has 1 aromatic carbocycles. The first-order valence-corrected chi connectivity index (χ1v) is 7.09. The Bertz CT molecular complexity index is 933. The van der Waals surface area contributed by atoms with Gasteiger partial charge in [0.2, 0.25) is 0 Å². The number of benzene rings is 1. The summed E-state index contributed by atoms with van der Waals surface area (Å²) >= 11 is 5.97. The number of primary amides is 1. The second-order valence-corrected chi connectivity index (χ2v) is 5.27. The Hall–Kier alpha value is -2.93. The van der Waals surface area contributed by atoms with Crippen molar-refractivity contribution in [3.63, 3.8) is 0 Å². The van der Waals surface area contributed by atoms with Gasteiger partial charge in [-0.3, -0.25) is 10.2 Å². The van der Waals surface area contributed by atoms with Gasteiger partial charge in [-0.15, -0.1) is 0 Å². The smallest absolute Gasteiger partial charge is 0.252 e. The maximum absolute atomic E-state index is 11.4. The van der Waals surface area contributed by atoms with E-state index in [9.17, 15) is 4.79 Å². The van der Waals surface area contributed by atoms with Crippen molar-refractivity contribution in [3.8, 4) is 0 Å². The van der Waals surface area contributed by atoms with Gasteiger partial charge in [-0.2, -0.15) is 0 Å². The fourth-order valence-electron chi connectivity index (χ4n) is 2.28. The lowest BCUT2D eigenvalue weighted by molar-refractivity contribution is 0.100. The van der Waals surface area contributed by atoms with Gasteiger partial charge in [-0.05, 0) is 18.2 Å². The third-order valence-electron chi connectivity index (χ3n) is 3.42. The SMILES string of the molecule is CNc1cc(Cl)ccc1C(=N)c1cnc2[nH]cc(C(N)=O)c2n1. The molecule has 5 N–H and O–H groups in total. The molecule has 0 atom stereocenters. The number of hydrogen-bond donors (Lipinski definition) is 4. The summed E-state index contributed by atoms with van der Waals surface area (Å²) in [6, 6.07) is 5.15. The zero-order valence-corrected chi connectivity index (χ0v) is 12.9. The molecule has 116 valence electrons. The number of nitrogens with zero attached hydrogens (tertiary/aromatic N) is 2. The normalized spacial score (nSPS) is 10.7. The number of aromatic nitrogens is 3. The third kappa shape index (κ3) is 2.62. The van der Waals surface area contributed by atoms with Crippen LogP contribution in [0.4, 0.5) is 5.69 Å². The second-order valence-electron chi connectivity index (χ2n) is 4.83. The lowest BCUT2D eigenvalue weighted by Crippen LogP contribution is -2.12. The Kier molecular flexibility index (Phi) is 3.71. The number of nitrogens with one attached hydrogen (secondary N) is 3. The number of hydrogen-bond acceptors (Lipinski definition) is 5. The van der Waals surface area contributed by atoms with Crippen LogP contribution in [0.5, 0.6) is 0 Å². The van der Waals surface area contributed by atoms with Gasteiger partial charge in [0.15, 0.2) is 5.65 Å². The molecule has 0 aliphatic heterocycles. The van der Waals surface area contributed by atoms with Crippen molar-refractivity contribution in [3.05, 3.63) is 52.4 Å². The number of amides is 1. The summed E-state index contributed by atoms with van der Waals surface area (Å²) in [6.07, 6.45) is 2.93. The first kappa shape index (κ1) is 15.0. The number of fused-ring (bicyclic) bond motifs is 1. The lowest BCUT2D eigenvalue weighted by Gasteiger charge is -2.10. The van der Waals surface area contributed by atoms with E-state index in [2.05, 4.69) is 20.3 Å². The number of halogens is 1. The second kappa shape index (κ2) is 5.69. The Morgan fingerprint density at radius 1 is 1.39 bits per heavy atom. The Morgan fingerprint density at radius 2 is 2.17 bits per heavy atom. The van der Waals surface area contributed by atoms with Gasteiger partial charge in [0.1, 0.15) is 11.2 Å². The standard InChI is InChI=1S/C15H13ClN6O/c1-19-10-4-7(16)2-3-8(10)12(17)11-6-21-15-13(22-11)9(5-20-15)14(18)23/h2-6,17,19H,1H3,(H2,18,23)(H,20,21). The molecule has 8 heteroatoms. The van der Waals surface area contributed by atoms with E-state index in [0.29, 0.717) is 33.1 Å². The molecule has 0 fully saturated rings. The van der Waals surface area contributed by atoms with Crippen LogP contribution in [-0.4, -0.2) is 33.6 Å². The largest absolute Gasteiger partial charge is 0.388 e. The summed E-state index contributed by atoms with van der Waals surface area (Å²) in [6.45, 7) is 0. The fourth-order valence-corrected chi connectivity index (χ4v) is 2.45. The topological polar surface area (TPSA) is 121 Å². The maximum atomic E-state index is 11.4. The molecule has 0 aliphatic carbocycles. The molecule has 0 aliphatic rings. The Morgan fingerprint density at radius 3 is 2.87 bits per heavy atom. The van der Waals surface area contributed by atoms with Gasteiger partial charge in [0.25, 0.3) is 5.91 Å². The van der Waals surface area contributed by atoms with E-state index in [-0.39, 0.29) is 11.3 Å². The predicted octanol–water partition coefficient (Wildman–Crippen LogP) is 2.17. The molecule has 1 amide bonds. The minimum absolute atomic E-state index is 0.164. The van der Waals surface area contributed by atoms with Crippen molar-refractivity contribution in [1.82, 2.24) is 15.0 Å².